The first-order valence-corrected chi connectivity index (χ1v) is 7.35. The SMILES string of the molecule is CN=C(NCCCOCC1CCOCC1)NC(C)C. The molecule has 0 aromatic heterocycles. The van der Waals surface area contributed by atoms with Crippen molar-refractivity contribution in [1.82, 2.24) is 10.6 Å². The largest absolute Gasteiger partial charge is 0.381 e. The van der Waals surface area contributed by atoms with Gasteiger partial charge in [0.1, 0.15) is 0 Å². The average molecular weight is 271 g/mol. The van der Waals surface area contributed by atoms with Gasteiger partial charge < -0.3 is 20.1 Å². The van der Waals surface area contributed by atoms with E-state index in [-0.39, 0.29) is 0 Å². The van der Waals surface area contributed by atoms with Crippen molar-refractivity contribution in [3.05, 3.63) is 0 Å². The van der Waals surface area contributed by atoms with Crippen molar-refractivity contribution in [2.45, 2.75) is 39.2 Å². The van der Waals surface area contributed by atoms with E-state index in [4.69, 9.17) is 9.47 Å². The van der Waals surface area contributed by atoms with Crippen molar-refractivity contribution in [1.29, 1.82) is 0 Å². The molecule has 0 unspecified atom stereocenters. The summed E-state index contributed by atoms with van der Waals surface area (Å²) in [4.78, 5) is 4.16. The molecule has 1 fully saturated rings. The van der Waals surface area contributed by atoms with Gasteiger partial charge in [-0.3, -0.25) is 4.99 Å². The Kier molecular flexibility index (Phi) is 8.58. The van der Waals surface area contributed by atoms with Crippen molar-refractivity contribution >= 4 is 5.96 Å². The summed E-state index contributed by atoms with van der Waals surface area (Å²) in [6.07, 6.45) is 3.29. The van der Waals surface area contributed by atoms with Crippen LogP contribution in [0, 0.1) is 5.92 Å². The molecule has 0 aromatic carbocycles. The van der Waals surface area contributed by atoms with Crippen molar-refractivity contribution in [2.75, 3.05) is 40.0 Å². The lowest BCUT2D eigenvalue weighted by Gasteiger charge is -2.21. The van der Waals surface area contributed by atoms with Crippen LogP contribution in [0.2, 0.25) is 0 Å². The second-order valence-corrected chi connectivity index (χ2v) is 5.28. The Bertz CT molecular complexity index is 251. The number of hydrogen-bond acceptors (Lipinski definition) is 3. The molecule has 0 aromatic rings. The van der Waals surface area contributed by atoms with Crippen molar-refractivity contribution in [3.8, 4) is 0 Å². The fraction of sp³-hybridized carbons (Fsp3) is 0.929. The number of aliphatic imine (C=N–C) groups is 1. The van der Waals surface area contributed by atoms with E-state index in [0.717, 1.165) is 58.2 Å². The van der Waals surface area contributed by atoms with Crippen LogP contribution in [-0.4, -0.2) is 52.0 Å². The molecule has 1 aliphatic rings. The van der Waals surface area contributed by atoms with Crippen molar-refractivity contribution in [2.24, 2.45) is 10.9 Å². The van der Waals surface area contributed by atoms with Gasteiger partial charge in [-0.15, -0.1) is 0 Å². The maximum absolute atomic E-state index is 5.71. The Morgan fingerprint density at radius 3 is 2.74 bits per heavy atom. The van der Waals surface area contributed by atoms with Crippen LogP contribution in [-0.2, 0) is 9.47 Å². The molecule has 1 rings (SSSR count). The van der Waals surface area contributed by atoms with Gasteiger partial charge in [-0.1, -0.05) is 0 Å². The Labute approximate surface area is 117 Å². The fourth-order valence-electron chi connectivity index (χ4n) is 2.01. The third-order valence-electron chi connectivity index (χ3n) is 3.10. The summed E-state index contributed by atoms with van der Waals surface area (Å²) < 4.78 is 11.0. The number of nitrogens with one attached hydrogen (secondary N) is 2. The predicted molar refractivity (Wildman–Crippen MR) is 78.6 cm³/mol. The Morgan fingerprint density at radius 1 is 1.37 bits per heavy atom. The van der Waals surface area contributed by atoms with Crippen molar-refractivity contribution in [3.63, 3.8) is 0 Å². The molecule has 1 heterocycles. The van der Waals surface area contributed by atoms with E-state index in [0.29, 0.717) is 12.0 Å². The Balaban J connectivity index is 1.95. The zero-order valence-corrected chi connectivity index (χ0v) is 12.6. The first-order valence-electron chi connectivity index (χ1n) is 7.35. The highest BCUT2D eigenvalue weighted by molar-refractivity contribution is 5.79. The van der Waals surface area contributed by atoms with Crippen LogP contribution in [0.1, 0.15) is 33.1 Å². The van der Waals surface area contributed by atoms with Gasteiger partial charge in [-0.25, -0.2) is 0 Å². The topological polar surface area (TPSA) is 54.9 Å². The molecule has 0 bridgehead atoms. The van der Waals surface area contributed by atoms with E-state index in [9.17, 15) is 0 Å². The number of rotatable bonds is 7. The minimum atomic E-state index is 0.399. The molecule has 5 heteroatoms. The standard InChI is InChI=1S/C14H29N3O2/c1-12(2)17-14(15-3)16-7-4-8-19-11-13-5-9-18-10-6-13/h12-13H,4-11H2,1-3H3,(H2,15,16,17). The number of hydrogen-bond donors (Lipinski definition) is 2. The first-order chi connectivity index (χ1) is 9.22. The number of nitrogens with zero attached hydrogens (tertiary/aromatic N) is 1. The molecule has 0 aliphatic carbocycles. The summed E-state index contributed by atoms with van der Waals surface area (Å²) in [5.41, 5.74) is 0. The lowest BCUT2D eigenvalue weighted by Crippen LogP contribution is -2.41. The average Bonchev–Trinajstić information content (AvgIpc) is 2.42. The second-order valence-electron chi connectivity index (χ2n) is 5.28. The molecule has 19 heavy (non-hydrogen) atoms. The predicted octanol–water partition coefficient (Wildman–Crippen LogP) is 1.39. The summed E-state index contributed by atoms with van der Waals surface area (Å²) in [7, 11) is 1.79. The molecule has 0 atom stereocenters. The van der Waals surface area contributed by atoms with Gasteiger partial charge in [0.15, 0.2) is 5.96 Å². The summed E-state index contributed by atoms with van der Waals surface area (Å²) in [5.74, 6) is 1.55. The maximum atomic E-state index is 5.71. The fourth-order valence-corrected chi connectivity index (χ4v) is 2.01. The van der Waals surface area contributed by atoms with Crippen molar-refractivity contribution < 1.29 is 9.47 Å². The van der Waals surface area contributed by atoms with Gasteiger partial charge in [-0.05, 0) is 39.0 Å². The summed E-state index contributed by atoms with van der Waals surface area (Å²) in [5, 5.41) is 6.53. The Morgan fingerprint density at radius 2 is 2.11 bits per heavy atom. The van der Waals surface area contributed by atoms with E-state index in [1.807, 2.05) is 0 Å². The van der Waals surface area contributed by atoms with E-state index >= 15 is 0 Å². The molecule has 0 saturated carbocycles. The molecule has 0 amide bonds. The molecule has 1 aliphatic heterocycles. The minimum absolute atomic E-state index is 0.399. The highest BCUT2D eigenvalue weighted by atomic mass is 16.5. The van der Waals surface area contributed by atoms with Crippen LogP contribution in [0.5, 0.6) is 0 Å². The lowest BCUT2D eigenvalue weighted by atomic mass is 10.0. The van der Waals surface area contributed by atoms with Crippen LogP contribution < -0.4 is 10.6 Å². The molecule has 112 valence electrons. The van der Waals surface area contributed by atoms with Crippen LogP contribution in [0.15, 0.2) is 4.99 Å². The molecular weight excluding hydrogens is 242 g/mol. The number of guanidine groups is 1. The monoisotopic (exact) mass is 271 g/mol. The van der Waals surface area contributed by atoms with Gasteiger partial charge in [0.05, 0.1) is 0 Å². The molecule has 1 saturated heterocycles. The van der Waals surface area contributed by atoms with Crippen LogP contribution >= 0.6 is 0 Å². The van der Waals surface area contributed by atoms with E-state index in [2.05, 4.69) is 29.5 Å². The third-order valence-corrected chi connectivity index (χ3v) is 3.10. The first kappa shape index (κ1) is 16.2. The summed E-state index contributed by atoms with van der Waals surface area (Å²) in [6, 6.07) is 0.399. The smallest absolute Gasteiger partial charge is 0.191 e. The highest BCUT2D eigenvalue weighted by Gasteiger charge is 2.13. The molecule has 0 radical (unpaired) electrons. The van der Waals surface area contributed by atoms with Crippen LogP contribution in [0.4, 0.5) is 0 Å². The van der Waals surface area contributed by atoms with Gasteiger partial charge in [0.25, 0.3) is 0 Å². The second kappa shape index (κ2) is 10.0. The van der Waals surface area contributed by atoms with Gasteiger partial charge in [-0.2, -0.15) is 0 Å². The van der Waals surface area contributed by atoms with Gasteiger partial charge >= 0.3 is 0 Å². The molecule has 2 N–H and O–H groups in total. The van der Waals surface area contributed by atoms with E-state index < -0.39 is 0 Å². The summed E-state index contributed by atoms with van der Waals surface area (Å²) in [6.45, 7) is 8.57. The van der Waals surface area contributed by atoms with Gasteiger partial charge in [0.2, 0.25) is 0 Å². The Hall–Kier alpha value is -0.810. The molecular formula is C14H29N3O2. The lowest BCUT2D eigenvalue weighted by molar-refractivity contribution is 0.0203. The zero-order chi connectivity index (χ0) is 13.9. The summed E-state index contributed by atoms with van der Waals surface area (Å²) >= 11 is 0. The van der Waals surface area contributed by atoms with E-state index in [1.54, 1.807) is 7.05 Å². The van der Waals surface area contributed by atoms with E-state index in [1.165, 1.54) is 0 Å². The van der Waals surface area contributed by atoms with Crippen LogP contribution in [0.25, 0.3) is 0 Å². The molecule has 0 spiro atoms. The van der Waals surface area contributed by atoms with Crippen LogP contribution in [0.3, 0.4) is 0 Å². The molecule has 5 nitrogen and oxygen atoms in total. The normalized spacial score (nSPS) is 17.8. The third kappa shape index (κ3) is 8.06. The zero-order valence-electron chi connectivity index (χ0n) is 12.6. The van der Waals surface area contributed by atoms with Gasteiger partial charge in [0, 0.05) is 46.1 Å². The highest BCUT2D eigenvalue weighted by Crippen LogP contribution is 2.14. The number of ether oxygens (including phenoxy) is 2. The maximum Gasteiger partial charge on any atom is 0.191 e. The minimum Gasteiger partial charge on any atom is -0.381 e. The quantitative estimate of drug-likeness (QED) is 0.417.